The number of nitrogens with zero attached hydrogens (tertiary/aromatic N) is 1. The Kier molecular flexibility index (Phi) is 6.39. The molecule has 0 aliphatic heterocycles. The van der Waals surface area contributed by atoms with E-state index in [4.69, 9.17) is 9.56 Å². The predicted molar refractivity (Wildman–Crippen MR) is 93.0 cm³/mol. The first-order chi connectivity index (χ1) is 11.5. The molecule has 4 N–H and O–H groups in total. The zero-order valence-corrected chi connectivity index (χ0v) is 14.3. The van der Waals surface area contributed by atoms with Gasteiger partial charge in [-0.3, -0.25) is 0 Å². The summed E-state index contributed by atoms with van der Waals surface area (Å²) in [5.41, 5.74) is 1.01. The van der Waals surface area contributed by atoms with Gasteiger partial charge >= 0.3 is 0 Å². The fourth-order valence-corrected chi connectivity index (χ4v) is 2.59. The van der Waals surface area contributed by atoms with Crippen LogP contribution < -0.4 is 15.8 Å². The normalized spacial score (nSPS) is 12.2. The van der Waals surface area contributed by atoms with Crippen LogP contribution in [0.25, 0.3) is 0 Å². The maximum Gasteiger partial charge on any atom is 0.238 e. The van der Waals surface area contributed by atoms with E-state index in [1.165, 1.54) is 12.1 Å². The fraction of sp³-hybridized carbons (Fsp3) is 0.312. The van der Waals surface area contributed by atoms with Gasteiger partial charge in [-0.25, -0.2) is 18.5 Å². The topological polar surface area (TPSA) is 110 Å². The van der Waals surface area contributed by atoms with Gasteiger partial charge < -0.3 is 15.1 Å². The molecular weight excluding hydrogens is 328 g/mol. The van der Waals surface area contributed by atoms with Gasteiger partial charge in [-0.15, -0.1) is 0 Å². The number of primary sulfonamides is 1. The highest BCUT2D eigenvalue weighted by molar-refractivity contribution is 7.89. The molecule has 0 bridgehead atoms. The number of furan rings is 1. The molecule has 0 atom stereocenters. The van der Waals surface area contributed by atoms with Gasteiger partial charge in [-0.1, -0.05) is 12.1 Å². The lowest BCUT2D eigenvalue weighted by Crippen LogP contribution is -2.38. The number of nitrogens with two attached hydrogens (primary N) is 1. The number of benzene rings is 1. The van der Waals surface area contributed by atoms with E-state index in [1.807, 2.05) is 19.1 Å². The Bertz CT molecular complexity index is 753. The second-order valence-electron chi connectivity index (χ2n) is 5.14. The molecule has 0 unspecified atom stereocenters. The smallest absolute Gasteiger partial charge is 0.238 e. The molecule has 1 aromatic heterocycles. The first-order valence-electron chi connectivity index (χ1n) is 7.65. The maximum absolute atomic E-state index is 11.2. The van der Waals surface area contributed by atoms with Crippen LogP contribution in [0.5, 0.6) is 0 Å². The Balaban J connectivity index is 1.87. The molecule has 0 saturated heterocycles. The molecule has 0 radical (unpaired) electrons. The van der Waals surface area contributed by atoms with Crippen LogP contribution in [0.15, 0.2) is 57.0 Å². The van der Waals surface area contributed by atoms with Gasteiger partial charge in [0.05, 0.1) is 11.2 Å². The van der Waals surface area contributed by atoms with Crippen molar-refractivity contribution in [1.82, 2.24) is 10.6 Å². The summed E-state index contributed by atoms with van der Waals surface area (Å²) in [7, 11) is -3.64. The Hall–Kier alpha value is -2.32. The summed E-state index contributed by atoms with van der Waals surface area (Å²) in [5.74, 6) is 1.50. The summed E-state index contributed by atoms with van der Waals surface area (Å²) in [6.45, 7) is 3.88. The molecule has 0 saturated carbocycles. The predicted octanol–water partition coefficient (Wildman–Crippen LogP) is 1.22. The Morgan fingerprint density at radius 1 is 1.21 bits per heavy atom. The van der Waals surface area contributed by atoms with E-state index in [2.05, 4.69) is 15.6 Å². The third-order valence-corrected chi connectivity index (χ3v) is 4.20. The van der Waals surface area contributed by atoms with Crippen molar-refractivity contribution in [3.05, 3.63) is 54.0 Å². The summed E-state index contributed by atoms with van der Waals surface area (Å²) in [6, 6.07) is 10.3. The summed E-state index contributed by atoms with van der Waals surface area (Å²) in [4.78, 5) is 4.56. The number of hydrogen-bond acceptors (Lipinski definition) is 4. The summed E-state index contributed by atoms with van der Waals surface area (Å²) in [5, 5.41) is 11.5. The van der Waals surface area contributed by atoms with Crippen LogP contribution in [0.4, 0.5) is 0 Å². The highest BCUT2D eigenvalue weighted by atomic mass is 32.2. The Morgan fingerprint density at radius 3 is 2.54 bits per heavy atom. The van der Waals surface area contributed by atoms with Gasteiger partial charge in [0.2, 0.25) is 10.0 Å². The van der Waals surface area contributed by atoms with Gasteiger partial charge in [-0.2, -0.15) is 0 Å². The second-order valence-corrected chi connectivity index (χ2v) is 6.70. The minimum absolute atomic E-state index is 0.118. The maximum atomic E-state index is 11.2. The minimum atomic E-state index is -3.64. The van der Waals surface area contributed by atoms with Crippen LogP contribution in [0, 0.1) is 0 Å². The minimum Gasteiger partial charge on any atom is -0.467 e. The molecule has 0 fully saturated rings. The van der Waals surface area contributed by atoms with E-state index in [1.54, 1.807) is 18.4 Å². The average Bonchev–Trinajstić information content (AvgIpc) is 3.05. The van der Waals surface area contributed by atoms with Gasteiger partial charge in [0.15, 0.2) is 5.96 Å². The van der Waals surface area contributed by atoms with Crippen LogP contribution >= 0.6 is 0 Å². The van der Waals surface area contributed by atoms with Crippen molar-refractivity contribution in [2.24, 2.45) is 10.1 Å². The SMILES string of the molecule is CCNC(=NCc1ccco1)NCCc1ccc(S(N)(=O)=O)cc1. The zero-order valence-electron chi connectivity index (χ0n) is 13.5. The lowest BCUT2D eigenvalue weighted by Gasteiger charge is -2.11. The molecule has 0 amide bonds. The molecule has 130 valence electrons. The van der Waals surface area contributed by atoms with Gasteiger partial charge in [0.25, 0.3) is 0 Å². The summed E-state index contributed by atoms with van der Waals surface area (Å²) < 4.78 is 27.7. The molecule has 2 rings (SSSR count). The van der Waals surface area contributed by atoms with Crippen molar-refractivity contribution in [2.45, 2.75) is 24.8 Å². The molecule has 2 aromatic rings. The highest BCUT2D eigenvalue weighted by Gasteiger charge is 2.06. The molecule has 7 nitrogen and oxygen atoms in total. The summed E-state index contributed by atoms with van der Waals surface area (Å²) >= 11 is 0. The molecule has 24 heavy (non-hydrogen) atoms. The van der Waals surface area contributed by atoms with E-state index >= 15 is 0 Å². The zero-order chi connectivity index (χ0) is 17.4. The number of aliphatic imine (C=N–C) groups is 1. The molecule has 1 heterocycles. The number of hydrogen-bond donors (Lipinski definition) is 3. The first-order valence-corrected chi connectivity index (χ1v) is 9.20. The first kappa shape index (κ1) is 18.0. The van der Waals surface area contributed by atoms with Crippen LogP contribution in [0.3, 0.4) is 0 Å². The van der Waals surface area contributed by atoms with Crippen molar-refractivity contribution < 1.29 is 12.8 Å². The van der Waals surface area contributed by atoms with Crippen molar-refractivity contribution >= 4 is 16.0 Å². The third-order valence-electron chi connectivity index (χ3n) is 3.28. The second kappa shape index (κ2) is 8.51. The molecule has 0 aliphatic carbocycles. The number of nitrogens with one attached hydrogen (secondary N) is 2. The van der Waals surface area contributed by atoms with Crippen LogP contribution in [-0.4, -0.2) is 27.5 Å². The van der Waals surface area contributed by atoms with E-state index in [0.29, 0.717) is 19.0 Å². The quantitative estimate of drug-likeness (QED) is 0.514. The number of sulfonamides is 1. The molecule has 0 spiro atoms. The fourth-order valence-electron chi connectivity index (χ4n) is 2.07. The highest BCUT2D eigenvalue weighted by Crippen LogP contribution is 2.09. The van der Waals surface area contributed by atoms with Gasteiger partial charge in [0, 0.05) is 13.1 Å². The Labute approximate surface area is 142 Å². The van der Waals surface area contributed by atoms with Crippen LogP contribution in [0.2, 0.25) is 0 Å². The number of rotatable bonds is 7. The van der Waals surface area contributed by atoms with E-state index in [-0.39, 0.29) is 4.90 Å². The lowest BCUT2D eigenvalue weighted by atomic mass is 10.1. The standard InChI is InChI=1S/C16H22N4O3S/c1-2-18-16(20-12-14-4-3-11-23-14)19-10-9-13-5-7-15(8-6-13)24(17,21)22/h3-8,11H,2,9-10,12H2,1H3,(H2,17,21,22)(H2,18,19,20). The average molecular weight is 350 g/mol. The molecule has 1 aromatic carbocycles. The van der Waals surface area contributed by atoms with Crippen molar-refractivity contribution in [3.63, 3.8) is 0 Å². The van der Waals surface area contributed by atoms with Gasteiger partial charge in [0.1, 0.15) is 12.3 Å². The van der Waals surface area contributed by atoms with Crippen LogP contribution in [-0.2, 0) is 23.0 Å². The Morgan fingerprint density at radius 2 is 1.96 bits per heavy atom. The largest absolute Gasteiger partial charge is 0.467 e. The lowest BCUT2D eigenvalue weighted by molar-refractivity contribution is 0.512. The van der Waals surface area contributed by atoms with Crippen molar-refractivity contribution in [3.8, 4) is 0 Å². The monoisotopic (exact) mass is 350 g/mol. The van der Waals surface area contributed by atoms with Crippen molar-refractivity contribution in [2.75, 3.05) is 13.1 Å². The number of guanidine groups is 1. The van der Waals surface area contributed by atoms with Gasteiger partial charge in [-0.05, 0) is 43.2 Å². The molecule has 0 aliphatic rings. The molecule has 8 heteroatoms. The van der Waals surface area contributed by atoms with E-state index in [9.17, 15) is 8.42 Å². The summed E-state index contributed by atoms with van der Waals surface area (Å²) in [6.07, 6.45) is 2.35. The van der Waals surface area contributed by atoms with Crippen molar-refractivity contribution in [1.29, 1.82) is 0 Å². The van der Waals surface area contributed by atoms with Crippen LogP contribution in [0.1, 0.15) is 18.2 Å². The third kappa shape index (κ3) is 5.71. The molecular formula is C16H22N4O3S. The van der Waals surface area contributed by atoms with E-state index < -0.39 is 10.0 Å². The van der Waals surface area contributed by atoms with E-state index in [0.717, 1.165) is 24.3 Å².